The zero-order chi connectivity index (χ0) is 17.4. The van der Waals surface area contributed by atoms with Gasteiger partial charge in [0.2, 0.25) is 0 Å². The number of furan rings is 1. The monoisotopic (exact) mass is 333 g/mol. The molecule has 2 atom stereocenters. The van der Waals surface area contributed by atoms with Crippen molar-refractivity contribution in [1.82, 2.24) is 5.32 Å². The van der Waals surface area contributed by atoms with Crippen LogP contribution in [0.2, 0.25) is 0 Å². The Bertz CT molecular complexity index is 640. The zero-order valence-electron chi connectivity index (χ0n) is 13.2. The van der Waals surface area contributed by atoms with Gasteiger partial charge in [0.05, 0.1) is 12.9 Å². The van der Waals surface area contributed by atoms with Gasteiger partial charge in [0.15, 0.2) is 6.04 Å². The molecule has 7 nitrogen and oxygen atoms in total. The maximum Gasteiger partial charge on any atom is 0.408 e. The van der Waals surface area contributed by atoms with Crippen molar-refractivity contribution < 1.29 is 28.6 Å². The Morgan fingerprint density at radius 3 is 2.54 bits per heavy atom. The summed E-state index contributed by atoms with van der Waals surface area (Å²) in [5.74, 6) is -0.644. The minimum Gasteiger partial charge on any atom is -0.466 e. The number of nitrogens with one attached hydrogen (secondary N) is 1. The second-order valence-corrected chi connectivity index (χ2v) is 4.90. The maximum absolute atomic E-state index is 12.0. The van der Waals surface area contributed by atoms with E-state index in [1.807, 2.05) is 18.2 Å². The summed E-state index contributed by atoms with van der Waals surface area (Å²) in [6, 6.07) is 10.8. The van der Waals surface area contributed by atoms with Crippen molar-refractivity contribution in [2.24, 2.45) is 0 Å². The molecule has 0 aliphatic heterocycles. The van der Waals surface area contributed by atoms with Gasteiger partial charge in [-0.15, -0.1) is 0 Å². The molecule has 0 saturated heterocycles. The quantitative estimate of drug-likeness (QED) is 0.754. The van der Waals surface area contributed by atoms with E-state index in [0.717, 1.165) is 5.56 Å². The van der Waals surface area contributed by atoms with E-state index in [9.17, 15) is 14.7 Å². The van der Waals surface area contributed by atoms with Crippen LogP contribution < -0.4 is 5.32 Å². The number of aliphatic hydroxyl groups is 1. The van der Waals surface area contributed by atoms with Gasteiger partial charge < -0.3 is 24.3 Å². The molecule has 7 heteroatoms. The normalized spacial score (nSPS) is 12.9. The molecule has 1 amide bonds. The molecular weight excluding hydrogens is 314 g/mol. The number of esters is 1. The second-order valence-electron chi connectivity index (χ2n) is 4.90. The summed E-state index contributed by atoms with van der Waals surface area (Å²) in [7, 11) is 0. The molecule has 0 fully saturated rings. The fourth-order valence-electron chi connectivity index (χ4n) is 2.01. The molecule has 0 aliphatic rings. The third kappa shape index (κ3) is 4.85. The lowest BCUT2D eigenvalue weighted by Crippen LogP contribution is -2.46. The predicted octanol–water partition coefficient (Wildman–Crippen LogP) is 2.17. The van der Waals surface area contributed by atoms with Gasteiger partial charge in [-0.05, 0) is 24.6 Å². The SMILES string of the molecule is CCOC(=O)[C@H](NC(=O)OCc1ccccc1)[C@@H](O)c1ccco1. The highest BCUT2D eigenvalue weighted by molar-refractivity contribution is 5.82. The van der Waals surface area contributed by atoms with Crippen LogP contribution >= 0.6 is 0 Å². The minimum atomic E-state index is -1.39. The van der Waals surface area contributed by atoms with Gasteiger partial charge in [-0.3, -0.25) is 0 Å². The molecule has 0 aliphatic carbocycles. The van der Waals surface area contributed by atoms with Gasteiger partial charge in [0, 0.05) is 0 Å². The topological polar surface area (TPSA) is 98.0 Å². The lowest BCUT2D eigenvalue weighted by Gasteiger charge is -2.20. The molecule has 0 radical (unpaired) electrons. The largest absolute Gasteiger partial charge is 0.466 e. The molecule has 0 unspecified atom stereocenters. The predicted molar refractivity (Wildman–Crippen MR) is 83.9 cm³/mol. The summed E-state index contributed by atoms with van der Waals surface area (Å²) in [5.41, 5.74) is 0.798. The standard InChI is InChI=1S/C17H19NO6/c1-2-22-16(20)14(15(19)13-9-6-10-23-13)18-17(21)24-11-12-7-4-3-5-8-12/h3-10,14-15,19H,2,11H2,1H3,(H,18,21)/t14-,15+/m1/s1. The van der Waals surface area contributed by atoms with Crippen molar-refractivity contribution in [3.8, 4) is 0 Å². The Morgan fingerprint density at radius 2 is 1.92 bits per heavy atom. The number of hydrogen-bond donors (Lipinski definition) is 2. The van der Waals surface area contributed by atoms with Gasteiger partial charge in [-0.25, -0.2) is 9.59 Å². The van der Waals surface area contributed by atoms with Crippen LogP contribution in [-0.4, -0.2) is 29.8 Å². The molecule has 0 bridgehead atoms. The zero-order valence-corrected chi connectivity index (χ0v) is 13.2. The number of amides is 1. The fraction of sp³-hybridized carbons (Fsp3) is 0.294. The van der Waals surface area contributed by atoms with E-state index in [-0.39, 0.29) is 19.0 Å². The Kier molecular flexibility index (Phi) is 6.39. The first-order valence-corrected chi connectivity index (χ1v) is 7.47. The van der Waals surface area contributed by atoms with Crippen molar-refractivity contribution in [3.63, 3.8) is 0 Å². The number of carbonyl (C=O) groups is 2. The Balaban J connectivity index is 1.99. The van der Waals surface area contributed by atoms with E-state index in [4.69, 9.17) is 13.9 Å². The molecule has 2 rings (SSSR count). The van der Waals surface area contributed by atoms with Gasteiger partial charge in [0.1, 0.15) is 18.5 Å². The van der Waals surface area contributed by atoms with Crippen molar-refractivity contribution in [2.45, 2.75) is 25.7 Å². The van der Waals surface area contributed by atoms with Crippen LogP contribution in [0.1, 0.15) is 24.4 Å². The summed E-state index contributed by atoms with van der Waals surface area (Å²) in [5, 5.41) is 12.5. The highest BCUT2D eigenvalue weighted by Gasteiger charge is 2.33. The van der Waals surface area contributed by atoms with Gasteiger partial charge >= 0.3 is 12.1 Å². The maximum atomic E-state index is 12.0. The fourth-order valence-corrected chi connectivity index (χ4v) is 2.01. The average Bonchev–Trinajstić information content (AvgIpc) is 3.13. The number of alkyl carbamates (subject to hydrolysis) is 1. The van der Waals surface area contributed by atoms with E-state index in [2.05, 4.69) is 5.32 Å². The summed E-state index contributed by atoms with van der Waals surface area (Å²) >= 11 is 0. The molecular formula is C17H19NO6. The molecule has 1 aromatic heterocycles. The summed E-state index contributed by atoms with van der Waals surface area (Å²) in [6.07, 6.45) is -0.875. The first-order valence-electron chi connectivity index (χ1n) is 7.47. The van der Waals surface area contributed by atoms with Crippen LogP contribution in [0.25, 0.3) is 0 Å². The van der Waals surface area contributed by atoms with E-state index in [0.29, 0.717) is 0 Å². The van der Waals surface area contributed by atoms with Gasteiger partial charge in [-0.2, -0.15) is 0 Å². The van der Waals surface area contributed by atoms with Gasteiger partial charge in [-0.1, -0.05) is 30.3 Å². The van der Waals surface area contributed by atoms with Crippen molar-refractivity contribution >= 4 is 12.1 Å². The molecule has 0 spiro atoms. The number of aliphatic hydroxyl groups excluding tert-OH is 1. The van der Waals surface area contributed by atoms with Crippen molar-refractivity contribution in [2.75, 3.05) is 6.61 Å². The molecule has 1 heterocycles. The third-order valence-corrected chi connectivity index (χ3v) is 3.18. The van der Waals surface area contributed by atoms with E-state index in [1.165, 1.54) is 12.3 Å². The molecule has 1 aromatic carbocycles. The second kappa shape index (κ2) is 8.73. The number of ether oxygens (including phenoxy) is 2. The molecule has 128 valence electrons. The summed E-state index contributed by atoms with van der Waals surface area (Å²) in [4.78, 5) is 23.9. The lowest BCUT2D eigenvalue weighted by atomic mass is 10.1. The number of carbonyl (C=O) groups excluding carboxylic acids is 2. The first-order chi connectivity index (χ1) is 11.6. The van der Waals surface area contributed by atoms with Crippen LogP contribution in [0, 0.1) is 0 Å². The smallest absolute Gasteiger partial charge is 0.408 e. The highest BCUT2D eigenvalue weighted by atomic mass is 16.6. The highest BCUT2D eigenvalue weighted by Crippen LogP contribution is 2.18. The van der Waals surface area contributed by atoms with Gasteiger partial charge in [0.25, 0.3) is 0 Å². The van der Waals surface area contributed by atoms with Crippen molar-refractivity contribution in [1.29, 1.82) is 0 Å². The average molecular weight is 333 g/mol. The van der Waals surface area contributed by atoms with Crippen LogP contribution in [-0.2, 0) is 20.9 Å². The molecule has 0 saturated carbocycles. The minimum absolute atomic E-state index is 0.0407. The summed E-state index contributed by atoms with van der Waals surface area (Å²) in [6.45, 7) is 1.78. The van der Waals surface area contributed by atoms with E-state index in [1.54, 1.807) is 25.1 Å². The van der Waals surface area contributed by atoms with Crippen LogP contribution in [0.3, 0.4) is 0 Å². The van der Waals surface area contributed by atoms with E-state index < -0.39 is 24.2 Å². The lowest BCUT2D eigenvalue weighted by molar-refractivity contribution is -0.149. The summed E-state index contributed by atoms with van der Waals surface area (Å²) < 4.78 is 15.0. The third-order valence-electron chi connectivity index (χ3n) is 3.18. The Labute approximate surface area is 139 Å². The molecule has 2 N–H and O–H groups in total. The Morgan fingerprint density at radius 1 is 1.17 bits per heavy atom. The molecule has 2 aromatic rings. The van der Waals surface area contributed by atoms with Crippen molar-refractivity contribution in [3.05, 3.63) is 60.1 Å². The molecule has 24 heavy (non-hydrogen) atoms. The first kappa shape index (κ1) is 17.6. The number of benzene rings is 1. The number of hydrogen-bond acceptors (Lipinski definition) is 6. The Hall–Kier alpha value is -2.80. The van der Waals surface area contributed by atoms with E-state index >= 15 is 0 Å². The van der Waals surface area contributed by atoms with Crippen LogP contribution in [0.15, 0.2) is 53.1 Å². The number of rotatable bonds is 7. The van der Waals surface area contributed by atoms with Crippen LogP contribution in [0.5, 0.6) is 0 Å². The van der Waals surface area contributed by atoms with Crippen LogP contribution in [0.4, 0.5) is 4.79 Å².